The fourth-order valence-electron chi connectivity index (χ4n) is 3.08. The average molecular weight is 344 g/mol. The Labute approximate surface area is 135 Å². The topological polar surface area (TPSA) is 12.0 Å². The Bertz CT molecular complexity index is 614. The van der Waals surface area contributed by atoms with E-state index in [9.17, 15) is 0 Å². The minimum Gasteiger partial charge on any atom is -0.309 e. The molecular formula is C19H22BrN. The van der Waals surface area contributed by atoms with E-state index in [-0.39, 0.29) is 6.04 Å². The molecule has 0 spiro atoms. The molecule has 3 rings (SSSR count). The summed E-state index contributed by atoms with van der Waals surface area (Å²) in [7, 11) is 2.03. The van der Waals surface area contributed by atoms with Gasteiger partial charge in [0.1, 0.15) is 0 Å². The minimum atomic E-state index is 0.257. The Balaban J connectivity index is 1.86. The molecule has 1 fully saturated rings. The van der Waals surface area contributed by atoms with Gasteiger partial charge in [-0.3, -0.25) is 0 Å². The monoisotopic (exact) mass is 343 g/mol. The van der Waals surface area contributed by atoms with Gasteiger partial charge < -0.3 is 5.32 Å². The fourth-order valence-corrected chi connectivity index (χ4v) is 3.32. The number of aryl methyl sites for hydroxylation is 1. The van der Waals surface area contributed by atoms with Gasteiger partial charge in [0.15, 0.2) is 0 Å². The number of benzene rings is 2. The van der Waals surface area contributed by atoms with Crippen LogP contribution in [0.3, 0.4) is 0 Å². The van der Waals surface area contributed by atoms with Gasteiger partial charge in [0, 0.05) is 4.47 Å². The van der Waals surface area contributed by atoms with Crippen LogP contribution in [0.15, 0.2) is 46.9 Å². The van der Waals surface area contributed by atoms with E-state index < -0.39 is 0 Å². The number of rotatable bonds is 4. The van der Waals surface area contributed by atoms with Gasteiger partial charge in [0.25, 0.3) is 0 Å². The second kappa shape index (κ2) is 6.33. The summed E-state index contributed by atoms with van der Waals surface area (Å²) in [5.74, 6) is 0.807. The lowest BCUT2D eigenvalue weighted by molar-refractivity contribution is 0.419. The molecule has 1 unspecified atom stereocenters. The lowest BCUT2D eigenvalue weighted by Gasteiger charge is -2.26. The van der Waals surface area contributed by atoms with Crippen molar-refractivity contribution in [1.29, 1.82) is 0 Å². The van der Waals surface area contributed by atoms with Crippen LogP contribution in [-0.2, 0) is 0 Å². The van der Waals surface area contributed by atoms with E-state index in [1.165, 1.54) is 46.0 Å². The fraction of sp³-hybridized carbons (Fsp3) is 0.368. The van der Waals surface area contributed by atoms with Crippen molar-refractivity contribution in [3.63, 3.8) is 0 Å². The molecule has 2 aromatic carbocycles. The molecule has 0 aliphatic heterocycles. The molecule has 110 valence electrons. The first-order valence-electron chi connectivity index (χ1n) is 7.72. The molecule has 1 atom stereocenters. The van der Waals surface area contributed by atoms with Crippen LogP contribution in [0, 0.1) is 6.92 Å². The molecule has 1 N–H and O–H groups in total. The highest BCUT2D eigenvalue weighted by Crippen LogP contribution is 2.37. The molecule has 0 heterocycles. The third-order valence-electron chi connectivity index (χ3n) is 4.65. The Hall–Kier alpha value is -1.12. The second-order valence-electron chi connectivity index (χ2n) is 6.02. The standard InChI is InChI=1S/C19H22BrN/c1-13-12-17(10-11-18(13)20)19(21-2)16-8-6-15(7-9-16)14-4-3-5-14/h6-12,14,19,21H,3-5H2,1-2H3. The highest BCUT2D eigenvalue weighted by Gasteiger charge is 2.20. The molecule has 2 aromatic rings. The average Bonchev–Trinajstić information content (AvgIpc) is 2.43. The van der Waals surface area contributed by atoms with Crippen molar-refractivity contribution in [2.24, 2.45) is 0 Å². The third kappa shape index (κ3) is 3.07. The normalized spacial score (nSPS) is 16.5. The van der Waals surface area contributed by atoms with Crippen LogP contribution in [0.5, 0.6) is 0 Å². The number of hydrogen-bond acceptors (Lipinski definition) is 1. The molecule has 1 saturated carbocycles. The molecule has 0 bridgehead atoms. The maximum absolute atomic E-state index is 3.58. The summed E-state index contributed by atoms with van der Waals surface area (Å²) >= 11 is 3.58. The lowest BCUT2D eigenvalue weighted by atomic mass is 9.79. The van der Waals surface area contributed by atoms with Crippen molar-refractivity contribution in [2.75, 3.05) is 7.05 Å². The molecule has 1 aliphatic carbocycles. The van der Waals surface area contributed by atoms with Crippen molar-refractivity contribution < 1.29 is 0 Å². The van der Waals surface area contributed by atoms with Crippen LogP contribution >= 0.6 is 15.9 Å². The first-order chi connectivity index (χ1) is 10.2. The maximum atomic E-state index is 3.58. The Morgan fingerprint density at radius 2 is 1.71 bits per heavy atom. The van der Waals surface area contributed by atoms with Crippen molar-refractivity contribution in [1.82, 2.24) is 5.32 Å². The molecule has 2 heteroatoms. The van der Waals surface area contributed by atoms with Crippen LogP contribution in [0.1, 0.15) is 53.5 Å². The van der Waals surface area contributed by atoms with Gasteiger partial charge in [-0.2, -0.15) is 0 Å². The Morgan fingerprint density at radius 1 is 1.05 bits per heavy atom. The quantitative estimate of drug-likeness (QED) is 0.790. The van der Waals surface area contributed by atoms with Crippen LogP contribution in [-0.4, -0.2) is 7.05 Å². The van der Waals surface area contributed by atoms with Gasteiger partial charge in [0.05, 0.1) is 6.04 Å². The van der Waals surface area contributed by atoms with E-state index in [2.05, 4.69) is 70.6 Å². The highest BCUT2D eigenvalue weighted by atomic mass is 79.9. The lowest BCUT2D eigenvalue weighted by Crippen LogP contribution is -2.18. The smallest absolute Gasteiger partial charge is 0.0574 e. The van der Waals surface area contributed by atoms with Crippen molar-refractivity contribution >= 4 is 15.9 Å². The molecule has 1 nitrogen and oxygen atoms in total. The number of hydrogen-bond donors (Lipinski definition) is 1. The summed E-state index contributed by atoms with van der Waals surface area (Å²) in [6, 6.07) is 16.0. The summed E-state index contributed by atoms with van der Waals surface area (Å²) in [5.41, 5.74) is 5.43. The van der Waals surface area contributed by atoms with Crippen LogP contribution < -0.4 is 5.32 Å². The minimum absolute atomic E-state index is 0.257. The van der Waals surface area contributed by atoms with Crippen molar-refractivity contribution in [2.45, 2.75) is 38.1 Å². The van der Waals surface area contributed by atoms with Gasteiger partial charge in [-0.25, -0.2) is 0 Å². The molecule has 0 amide bonds. The Kier molecular flexibility index (Phi) is 4.46. The first kappa shape index (κ1) is 14.8. The number of nitrogens with one attached hydrogen (secondary N) is 1. The van der Waals surface area contributed by atoms with E-state index in [0.717, 1.165) is 5.92 Å². The molecular weight excluding hydrogens is 322 g/mol. The number of halogens is 1. The predicted octanol–water partition coefficient (Wildman–Crippen LogP) is 5.33. The van der Waals surface area contributed by atoms with E-state index in [0.29, 0.717) is 0 Å². The zero-order chi connectivity index (χ0) is 14.8. The molecule has 0 aromatic heterocycles. The summed E-state index contributed by atoms with van der Waals surface area (Å²) in [6.07, 6.45) is 4.12. The summed E-state index contributed by atoms with van der Waals surface area (Å²) in [4.78, 5) is 0. The highest BCUT2D eigenvalue weighted by molar-refractivity contribution is 9.10. The zero-order valence-corrected chi connectivity index (χ0v) is 14.3. The van der Waals surface area contributed by atoms with Crippen molar-refractivity contribution in [3.8, 4) is 0 Å². The predicted molar refractivity (Wildman–Crippen MR) is 92.8 cm³/mol. The molecule has 21 heavy (non-hydrogen) atoms. The summed E-state index contributed by atoms with van der Waals surface area (Å²) in [5, 5.41) is 3.44. The van der Waals surface area contributed by atoms with E-state index in [4.69, 9.17) is 0 Å². The largest absolute Gasteiger partial charge is 0.309 e. The van der Waals surface area contributed by atoms with Gasteiger partial charge in [-0.05, 0) is 61.1 Å². The van der Waals surface area contributed by atoms with Gasteiger partial charge >= 0.3 is 0 Å². The maximum Gasteiger partial charge on any atom is 0.0574 e. The van der Waals surface area contributed by atoms with E-state index >= 15 is 0 Å². The zero-order valence-electron chi connectivity index (χ0n) is 12.7. The Morgan fingerprint density at radius 3 is 2.24 bits per heavy atom. The van der Waals surface area contributed by atoms with E-state index in [1.807, 2.05) is 7.05 Å². The second-order valence-corrected chi connectivity index (χ2v) is 6.88. The molecule has 0 radical (unpaired) electrons. The van der Waals surface area contributed by atoms with Crippen LogP contribution in [0.4, 0.5) is 0 Å². The van der Waals surface area contributed by atoms with E-state index in [1.54, 1.807) is 0 Å². The first-order valence-corrected chi connectivity index (χ1v) is 8.51. The van der Waals surface area contributed by atoms with Crippen LogP contribution in [0.2, 0.25) is 0 Å². The third-order valence-corrected chi connectivity index (χ3v) is 5.54. The van der Waals surface area contributed by atoms with Gasteiger partial charge in [0.2, 0.25) is 0 Å². The molecule has 0 saturated heterocycles. The SMILES string of the molecule is CNC(c1ccc(C2CCC2)cc1)c1ccc(Br)c(C)c1. The molecule has 1 aliphatic rings. The van der Waals surface area contributed by atoms with Gasteiger partial charge in [-0.1, -0.05) is 58.7 Å². The van der Waals surface area contributed by atoms with Gasteiger partial charge in [-0.15, -0.1) is 0 Å². The van der Waals surface area contributed by atoms with Crippen LogP contribution in [0.25, 0.3) is 0 Å². The summed E-state index contributed by atoms with van der Waals surface area (Å²) in [6.45, 7) is 2.14. The summed E-state index contributed by atoms with van der Waals surface area (Å²) < 4.78 is 1.17. The van der Waals surface area contributed by atoms with Crippen molar-refractivity contribution in [3.05, 3.63) is 69.2 Å².